The molecule has 5 heterocycles. The number of β-lactam (4-membered cyclic amide) rings is 1. The number of nitrogens with one attached hydrogen (secondary N) is 1. The molecule has 2 aliphatic rings. The fourth-order valence-electron chi connectivity index (χ4n) is 4.88. The number of carboxylic acid groups (broad SMARTS) is 2. The number of aromatic nitrogens is 3. The molecule has 15 nitrogen and oxygen atoms in total. The van der Waals surface area contributed by atoms with Crippen LogP contribution >= 0.6 is 34.7 Å². The van der Waals surface area contributed by atoms with E-state index < -0.39 is 47.0 Å². The summed E-state index contributed by atoms with van der Waals surface area (Å²) in [6.07, 6.45) is 2.36. The van der Waals surface area contributed by atoms with Crippen molar-refractivity contribution in [2.75, 3.05) is 11.5 Å². The maximum absolute atomic E-state index is 13.3. The maximum atomic E-state index is 13.3. The molecule has 2 amide bonds. The number of carbonyl (C=O) groups is 4. The van der Waals surface area contributed by atoms with Crippen molar-refractivity contribution < 1.29 is 38.8 Å². The minimum absolute atomic E-state index is 0.00211. The molecule has 3 aromatic heterocycles. The number of fused-ring (bicyclic) bond motifs is 2. The molecule has 0 aromatic carbocycles. The second-order valence-electron chi connectivity index (χ2n) is 10.2. The third kappa shape index (κ3) is 5.95. The van der Waals surface area contributed by atoms with Crippen LogP contribution < -0.4 is 21.4 Å². The van der Waals surface area contributed by atoms with Gasteiger partial charge in [0.05, 0.1) is 0 Å². The molecule has 4 atom stereocenters. The van der Waals surface area contributed by atoms with Gasteiger partial charge in [0.25, 0.3) is 11.8 Å². The summed E-state index contributed by atoms with van der Waals surface area (Å²) in [6.45, 7) is 3.95. The highest BCUT2D eigenvalue weighted by atomic mass is 35.5. The van der Waals surface area contributed by atoms with Gasteiger partial charge < -0.3 is 36.4 Å². The molecular weight excluding hydrogens is 636 g/mol. The number of thioether (sulfide) groups is 1. The van der Waals surface area contributed by atoms with Crippen molar-refractivity contribution in [3.63, 3.8) is 0 Å². The molecule has 232 valence electrons. The first-order valence-corrected chi connectivity index (χ1v) is 15.4. The van der Waals surface area contributed by atoms with Gasteiger partial charge in [-0.2, -0.15) is 4.57 Å². The SMILES string of the molecule is C[C@H](N)Cn1ccc2c1ccc[n+]2CC1=C(C(=O)O)N2C(=O)[C@@H](NC(=O)/C(=N\O[C@@H](C)C(=O)O)c3nc(N)sc3Cl)[C@H]2SC1. The number of amides is 2. The first kappa shape index (κ1) is 31.2. The van der Waals surface area contributed by atoms with Crippen LogP contribution in [-0.2, 0) is 37.1 Å². The lowest BCUT2D eigenvalue weighted by Crippen LogP contribution is -2.71. The molecule has 0 unspecified atom stereocenters. The van der Waals surface area contributed by atoms with E-state index in [1.807, 2.05) is 46.7 Å². The molecule has 44 heavy (non-hydrogen) atoms. The number of aliphatic carboxylic acids is 2. The summed E-state index contributed by atoms with van der Waals surface area (Å²) < 4.78 is 3.94. The Morgan fingerprint density at radius 1 is 1.32 bits per heavy atom. The van der Waals surface area contributed by atoms with Gasteiger partial charge in [-0.25, -0.2) is 14.6 Å². The monoisotopic (exact) mass is 663 g/mol. The number of nitrogens with zero attached hydrogens (tertiary/aromatic N) is 5. The molecule has 3 aromatic rings. The minimum Gasteiger partial charge on any atom is -0.478 e. The van der Waals surface area contributed by atoms with Crippen molar-refractivity contribution in [1.29, 1.82) is 0 Å². The zero-order valence-electron chi connectivity index (χ0n) is 23.3. The van der Waals surface area contributed by atoms with Crippen molar-refractivity contribution in [1.82, 2.24) is 19.8 Å². The highest BCUT2D eigenvalue weighted by Gasteiger charge is 2.55. The smallest absolute Gasteiger partial charge is 0.352 e. The molecule has 0 radical (unpaired) electrons. The second kappa shape index (κ2) is 12.4. The van der Waals surface area contributed by atoms with Gasteiger partial charge in [0.1, 0.15) is 32.7 Å². The van der Waals surface area contributed by atoms with Crippen molar-refractivity contribution >= 4 is 80.3 Å². The van der Waals surface area contributed by atoms with Crippen molar-refractivity contribution in [2.24, 2.45) is 10.9 Å². The highest BCUT2D eigenvalue weighted by molar-refractivity contribution is 8.00. The first-order valence-electron chi connectivity index (χ1n) is 13.2. The van der Waals surface area contributed by atoms with Gasteiger partial charge in [-0.1, -0.05) is 28.1 Å². The Hall–Kier alpha value is -4.19. The number of nitrogens with two attached hydrogens (primary N) is 2. The summed E-state index contributed by atoms with van der Waals surface area (Å²) in [5.41, 5.74) is 13.2. The van der Waals surface area contributed by atoms with Crippen molar-refractivity contribution in [3.8, 4) is 0 Å². The molecule has 1 saturated heterocycles. The third-order valence-electron chi connectivity index (χ3n) is 6.89. The Morgan fingerprint density at radius 3 is 2.70 bits per heavy atom. The van der Waals surface area contributed by atoms with Crippen LogP contribution in [0.2, 0.25) is 4.34 Å². The quantitative estimate of drug-likeness (QED) is 0.0827. The second-order valence-corrected chi connectivity index (χ2v) is 12.9. The number of oxime groups is 1. The van der Waals surface area contributed by atoms with E-state index in [-0.39, 0.29) is 39.2 Å². The summed E-state index contributed by atoms with van der Waals surface area (Å²) in [5.74, 6) is -3.89. The normalized spacial score (nSPS) is 19.8. The number of nitrogen functional groups attached to an aromatic ring is 1. The third-order valence-corrected chi connectivity index (χ3v) is 9.31. The summed E-state index contributed by atoms with van der Waals surface area (Å²) in [7, 11) is 0. The predicted molar refractivity (Wildman–Crippen MR) is 162 cm³/mol. The predicted octanol–water partition coefficient (Wildman–Crippen LogP) is 0.601. The van der Waals surface area contributed by atoms with Gasteiger partial charge in [-0.3, -0.25) is 14.5 Å². The van der Waals surface area contributed by atoms with E-state index in [9.17, 15) is 24.3 Å². The number of hydrogen-bond acceptors (Lipinski definition) is 11. The summed E-state index contributed by atoms with van der Waals surface area (Å²) in [4.78, 5) is 60.3. The van der Waals surface area contributed by atoms with Crippen LogP contribution in [0.4, 0.5) is 5.13 Å². The molecule has 2 aliphatic heterocycles. The van der Waals surface area contributed by atoms with E-state index in [1.165, 1.54) is 18.7 Å². The topological polar surface area (TPSA) is 219 Å². The van der Waals surface area contributed by atoms with E-state index in [1.54, 1.807) is 0 Å². The molecule has 0 bridgehead atoms. The van der Waals surface area contributed by atoms with E-state index in [4.69, 9.17) is 33.0 Å². The molecule has 0 saturated carbocycles. The zero-order valence-corrected chi connectivity index (χ0v) is 25.7. The summed E-state index contributed by atoms with van der Waals surface area (Å²) in [6, 6.07) is 4.58. The molecule has 0 aliphatic carbocycles. The van der Waals surface area contributed by atoms with Gasteiger partial charge in [-0.15, -0.1) is 11.8 Å². The number of hydrogen-bond donors (Lipinski definition) is 5. The van der Waals surface area contributed by atoms with E-state index in [2.05, 4.69) is 15.5 Å². The molecule has 0 spiro atoms. The average Bonchev–Trinajstić information content (AvgIpc) is 3.52. The van der Waals surface area contributed by atoms with Gasteiger partial charge in [0.2, 0.25) is 11.6 Å². The standard InChI is InChI=1S/C26H27ClN8O7S2/c1-11(28)8-34-7-5-15-14(34)4-3-6-33(15)9-13-10-43-23-18(22(37)35(23)19(13)25(40)41)30-21(36)17(32-42-12(2)24(38)39)16-20(27)44-26(29)31-16/h3-7,11-12,18,23H,8-10,28H2,1-2H3,(H4-,29,30,31,36,38,39,40,41)/p+1/b32-17-/t11-,12-,18+,23+/m0/s1. The van der Waals surface area contributed by atoms with Gasteiger partial charge >= 0.3 is 11.9 Å². The number of rotatable bonds is 11. The molecule has 7 N–H and O–H groups in total. The number of thiazole rings is 1. The van der Waals surface area contributed by atoms with Crippen LogP contribution in [0.3, 0.4) is 0 Å². The van der Waals surface area contributed by atoms with E-state index in [0.717, 1.165) is 27.3 Å². The fraction of sp³-hybridized carbons (Fsp3) is 0.346. The summed E-state index contributed by atoms with van der Waals surface area (Å²) in [5, 5.41) is 24.8. The van der Waals surface area contributed by atoms with Crippen molar-refractivity contribution in [2.45, 2.75) is 50.5 Å². The number of halogens is 1. The number of carbonyl (C=O) groups excluding carboxylic acids is 2. The lowest BCUT2D eigenvalue weighted by atomic mass is 10.0. The van der Waals surface area contributed by atoms with Crippen LogP contribution in [0, 0.1) is 0 Å². The van der Waals surface area contributed by atoms with Crippen LogP contribution in [0.15, 0.2) is 47.0 Å². The first-order chi connectivity index (χ1) is 20.9. The average molecular weight is 664 g/mol. The Bertz CT molecular complexity index is 1740. The van der Waals surface area contributed by atoms with Crippen molar-refractivity contribution in [3.05, 3.63) is 51.9 Å². The lowest BCUT2D eigenvalue weighted by molar-refractivity contribution is -0.663. The minimum atomic E-state index is -1.41. The summed E-state index contributed by atoms with van der Waals surface area (Å²) >= 11 is 8.32. The Labute approximate surface area is 263 Å². The molecule has 1 fully saturated rings. The fourth-order valence-corrected chi connectivity index (χ4v) is 7.14. The Morgan fingerprint density at radius 2 is 2.07 bits per heavy atom. The van der Waals surface area contributed by atoms with E-state index >= 15 is 0 Å². The van der Waals surface area contributed by atoms with Gasteiger partial charge in [0.15, 0.2) is 23.6 Å². The number of anilines is 1. The van der Waals surface area contributed by atoms with Gasteiger partial charge in [0, 0.05) is 42.2 Å². The van der Waals surface area contributed by atoms with Crippen LogP contribution in [0.5, 0.6) is 0 Å². The highest BCUT2D eigenvalue weighted by Crippen LogP contribution is 2.40. The lowest BCUT2D eigenvalue weighted by Gasteiger charge is -2.49. The molecule has 5 rings (SSSR count). The van der Waals surface area contributed by atoms with Gasteiger partial charge in [-0.05, 0) is 19.9 Å². The zero-order chi connectivity index (χ0) is 31.9. The largest absolute Gasteiger partial charge is 0.478 e. The molecule has 18 heteroatoms. The number of carboxylic acids is 2. The maximum Gasteiger partial charge on any atom is 0.352 e. The van der Waals surface area contributed by atoms with Crippen LogP contribution in [-0.4, -0.2) is 83.4 Å². The Kier molecular flexibility index (Phi) is 8.83. The van der Waals surface area contributed by atoms with E-state index in [0.29, 0.717) is 12.1 Å². The number of pyridine rings is 1. The molecular formula is C26H28ClN8O7S2+. The van der Waals surface area contributed by atoms with Crippen LogP contribution in [0.1, 0.15) is 19.5 Å². The van der Waals surface area contributed by atoms with Crippen LogP contribution in [0.25, 0.3) is 11.0 Å². The Balaban J connectivity index is 1.38.